The SMILES string of the molecule is CCN1CCN(c2cc(C)nc(N(C)C3CCS(=O)(=O)C3)n2)CC1. The summed E-state index contributed by atoms with van der Waals surface area (Å²) in [5.74, 6) is 2.04. The summed E-state index contributed by atoms with van der Waals surface area (Å²) in [6.07, 6.45) is 0.653. The zero-order chi connectivity index (χ0) is 17.3. The Morgan fingerprint density at radius 3 is 2.54 bits per heavy atom. The first-order chi connectivity index (χ1) is 11.4. The molecule has 0 radical (unpaired) electrons. The van der Waals surface area contributed by atoms with Crippen molar-refractivity contribution in [1.29, 1.82) is 0 Å². The number of sulfone groups is 1. The third-order valence-electron chi connectivity index (χ3n) is 5.04. The van der Waals surface area contributed by atoms with Crippen molar-refractivity contribution >= 4 is 21.6 Å². The Balaban J connectivity index is 1.77. The van der Waals surface area contributed by atoms with E-state index in [0.717, 1.165) is 44.2 Å². The van der Waals surface area contributed by atoms with Crippen molar-refractivity contribution in [2.45, 2.75) is 26.3 Å². The first kappa shape index (κ1) is 17.4. The molecule has 1 atom stereocenters. The molecule has 3 rings (SSSR count). The summed E-state index contributed by atoms with van der Waals surface area (Å²) < 4.78 is 23.5. The number of rotatable bonds is 4. The normalized spacial score (nSPS) is 24.3. The van der Waals surface area contributed by atoms with Crippen LogP contribution in [-0.2, 0) is 9.84 Å². The minimum absolute atomic E-state index is 0.0263. The molecular weight excluding hydrogens is 326 g/mol. The van der Waals surface area contributed by atoms with E-state index in [-0.39, 0.29) is 17.5 Å². The zero-order valence-corrected chi connectivity index (χ0v) is 15.6. The Hall–Kier alpha value is -1.41. The van der Waals surface area contributed by atoms with Crippen LogP contribution in [0.5, 0.6) is 0 Å². The van der Waals surface area contributed by atoms with Crippen LogP contribution in [0.3, 0.4) is 0 Å². The fourth-order valence-electron chi connectivity index (χ4n) is 3.39. The number of nitrogens with zero attached hydrogens (tertiary/aromatic N) is 5. The van der Waals surface area contributed by atoms with E-state index in [1.807, 2.05) is 24.9 Å². The van der Waals surface area contributed by atoms with E-state index in [1.54, 1.807) is 0 Å². The Kier molecular flexibility index (Phi) is 4.96. The summed E-state index contributed by atoms with van der Waals surface area (Å²) in [7, 11) is -1.01. The second kappa shape index (κ2) is 6.84. The Labute approximate surface area is 144 Å². The van der Waals surface area contributed by atoms with Crippen LogP contribution in [0, 0.1) is 6.92 Å². The number of piperazine rings is 1. The van der Waals surface area contributed by atoms with Gasteiger partial charge in [0.2, 0.25) is 5.95 Å². The van der Waals surface area contributed by atoms with Gasteiger partial charge in [0, 0.05) is 51.0 Å². The second-order valence-corrected chi connectivity index (χ2v) is 8.99. The van der Waals surface area contributed by atoms with Crippen molar-refractivity contribution in [3.63, 3.8) is 0 Å². The highest BCUT2D eigenvalue weighted by Gasteiger charge is 2.32. The topological polar surface area (TPSA) is 69.6 Å². The second-order valence-electron chi connectivity index (χ2n) is 6.76. The van der Waals surface area contributed by atoms with E-state index in [1.165, 1.54) is 0 Å². The molecule has 0 saturated carbocycles. The molecule has 24 heavy (non-hydrogen) atoms. The Morgan fingerprint density at radius 1 is 1.25 bits per heavy atom. The highest BCUT2D eigenvalue weighted by Crippen LogP contribution is 2.23. The highest BCUT2D eigenvalue weighted by atomic mass is 32.2. The maximum Gasteiger partial charge on any atom is 0.227 e. The number of likely N-dealkylation sites (N-methyl/N-ethyl adjacent to an activating group) is 1. The van der Waals surface area contributed by atoms with Gasteiger partial charge in [-0.05, 0) is 19.9 Å². The van der Waals surface area contributed by atoms with Gasteiger partial charge in [0.05, 0.1) is 11.5 Å². The largest absolute Gasteiger partial charge is 0.354 e. The molecule has 2 aliphatic heterocycles. The summed E-state index contributed by atoms with van der Waals surface area (Å²) in [6, 6.07) is 1.99. The Bertz CT molecular complexity index is 686. The molecule has 7 nitrogen and oxygen atoms in total. The molecule has 8 heteroatoms. The molecule has 3 heterocycles. The number of hydrogen-bond acceptors (Lipinski definition) is 7. The van der Waals surface area contributed by atoms with Crippen LogP contribution in [0.15, 0.2) is 6.07 Å². The monoisotopic (exact) mass is 353 g/mol. The average Bonchev–Trinajstić information content (AvgIpc) is 2.93. The maximum atomic E-state index is 11.7. The molecule has 0 spiro atoms. The molecular formula is C16H27N5O2S. The summed E-state index contributed by atoms with van der Waals surface area (Å²) in [4.78, 5) is 15.9. The van der Waals surface area contributed by atoms with E-state index in [4.69, 9.17) is 4.98 Å². The predicted octanol–water partition coefficient (Wildman–Crippen LogP) is 0.550. The fourth-order valence-corrected chi connectivity index (χ4v) is 5.17. The molecule has 0 N–H and O–H groups in total. The molecule has 134 valence electrons. The standard InChI is InChI=1S/C16H27N5O2S/c1-4-20-6-8-21(9-7-20)15-11-13(2)17-16(18-15)19(3)14-5-10-24(22,23)12-14/h11,14H,4-10,12H2,1-3H3. The molecule has 0 bridgehead atoms. The van der Waals surface area contributed by atoms with Crippen LogP contribution >= 0.6 is 0 Å². The van der Waals surface area contributed by atoms with Crippen molar-refractivity contribution in [1.82, 2.24) is 14.9 Å². The van der Waals surface area contributed by atoms with Gasteiger partial charge in [-0.1, -0.05) is 6.92 Å². The smallest absolute Gasteiger partial charge is 0.227 e. The fraction of sp³-hybridized carbons (Fsp3) is 0.750. The lowest BCUT2D eigenvalue weighted by atomic mass is 10.2. The van der Waals surface area contributed by atoms with Gasteiger partial charge in [-0.2, -0.15) is 4.98 Å². The summed E-state index contributed by atoms with van der Waals surface area (Å²) in [5, 5.41) is 0. The lowest BCUT2D eigenvalue weighted by Gasteiger charge is -2.35. The molecule has 2 fully saturated rings. The van der Waals surface area contributed by atoms with Crippen LogP contribution in [0.1, 0.15) is 19.0 Å². The zero-order valence-electron chi connectivity index (χ0n) is 14.8. The van der Waals surface area contributed by atoms with Crippen LogP contribution in [0.4, 0.5) is 11.8 Å². The minimum Gasteiger partial charge on any atom is -0.354 e. The average molecular weight is 353 g/mol. The van der Waals surface area contributed by atoms with Crippen molar-refractivity contribution in [2.24, 2.45) is 0 Å². The highest BCUT2D eigenvalue weighted by molar-refractivity contribution is 7.91. The number of anilines is 2. The molecule has 2 saturated heterocycles. The summed E-state index contributed by atoms with van der Waals surface area (Å²) in [5.41, 5.74) is 0.917. The maximum absolute atomic E-state index is 11.7. The van der Waals surface area contributed by atoms with Crippen LogP contribution in [0.25, 0.3) is 0 Å². The van der Waals surface area contributed by atoms with E-state index < -0.39 is 9.84 Å². The van der Waals surface area contributed by atoms with Crippen LogP contribution in [0.2, 0.25) is 0 Å². The Morgan fingerprint density at radius 2 is 1.96 bits per heavy atom. The molecule has 1 aromatic heterocycles. The molecule has 1 aromatic rings. The van der Waals surface area contributed by atoms with Gasteiger partial charge in [0.1, 0.15) is 5.82 Å². The van der Waals surface area contributed by atoms with E-state index in [2.05, 4.69) is 21.7 Å². The molecule has 0 aromatic carbocycles. The van der Waals surface area contributed by atoms with E-state index in [0.29, 0.717) is 12.4 Å². The van der Waals surface area contributed by atoms with Gasteiger partial charge < -0.3 is 14.7 Å². The van der Waals surface area contributed by atoms with E-state index >= 15 is 0 Å². The quantitative estimate of drug-likeness (QED) is 0.783. The number of hydrogen-bond donors (Lipinski definition) is 0. The molecule has 1 unspecified atom stereocenters. The van der Waals surface area contributed by atoms with Crippen molar-refractivity contribution < 1.29 is 8.42 Å². The van der Waals surface area contributed by atoms with Gasteiger partial charge in [-0.25, -0.2) is 13.4 Å². The summed E-state index contributed by atoms with van der Waals surface area (Å²) >= 11 is 0. The van der Waals surface area contributed by atoms with Gasteiger partial charge in [-0.3, -0.25) is 0 Å². The lowest BCUT2D eigenvalue weighted by molar-refractivity contribution is 0.270. The van der Waals surface area contributed by atoms with E-state index in [9.17, 15) is 8.42 Å². The van der Waals surface area contributed by atoms with Gasteiger partial charge >= 0.3 is 0 Å². The first-order valence-corrected chi connectivity index (χ1v) is 10.5. The van der Waals surface area contributed by atoms with Gasteiger partial charge in [0.25, 0.3) is 0 Å². The minimum atomic E-state index is -2.91. The first-order valence-electron chi connectivity index (χ1n) is 8.64. The summed E-state index contributed by atoms with van der Waals surface area (Å²) in [6.45, 7) is 9.26. The van der Waals surface area contributed by atoms with Crippen molar-refractivity contribution in [3.05, 3.63) is 11.8 Å². The molecule has 2 aliphatic rings. The predicted molar refractivity (Wildman–Crippen MR) is 96.6 cm³/mol. The van der Waals surface area contributed by atoms with Crippen LogP contribution in [-0.4, -0.2) is 80.6 Å². The lowest BCUT2D eigenvalue weighted by Crippen LogP contribution is -2.46. The number of aryl methyl sites for hydroxylation is 1. The molecule has 0 amide bonds. The molecule has 0 aliphatic carbocycles. The third-order valence-corrected chi connectivity index (χ3v) is 6.79. The van der Waals surface area contributed by atoms with Gasteiger partial charge in [-0.15, -0.1) is 0 Å². The van der Waals surface area contributed by atoms with Crippen molar-refractivity contribution in [3.8, 4) is 0 Å². The van der Waals surface area contributed by atoms with Gasteiger partial charge in [0.15, 0.2) is 9.84 Å². The van der Waals surface area contributed by atoms with Crippen LogP contribution < -0.4 is 9.80 Å². The van der Waals surface area contributed by atoms with Crippen molar-refractivity contribution in [2.75, 3.05) is 61.1 Å². The number of aromatic nitrogens is 2. The third kappa shape index (κ3) is 3.80.